The van der Waals surface area contributed by atoms with E-state index in [-0.39, 0.29) is 11.7 Å². The van der Waals surface area contributed by atoms with Gasteiger partial charge in [-0.1, -0.05) is 12.1 Å². The van der Waals surface area contributed by atoms with Crippen LogP contribution in [0.5, 0.6) is 0 Å². The lowest BCUT2D eigenvalue weighted by Gasteiger charge is -2.15. The standard InChI is InChI=1S/C17H18N4O2S2.C2HF3O2/c18-8-4-3-6-12(20-15(23)17-19-9-10-24-17)14(22)16-21-11-5-1-2-7-13(11)25-16;3-2(4,5)1(6)7/h1-2,5,7,9-10,12H,3-4,6,8,18H2,(H,20,23);(H,6,7). The fourth-order valence-electron chi connectivity index (χ4n) is 2.44. The van der Waals surface area contributed by atoms with Crippen molar-refractivity contribution in [2.45, 2.75) is 31.5 Å². The van der Waals surface area contributed by atoms with Gasteiger partial charge in [-0.2, -0.15) is 13.2 Å². The molecule has 0 bridgehead atoms. The average Bonchev–Trinajstić information content (AvgIpc) is 3.42. The number of ketones is 1. The number of benzene rings is 1. The number of aliphatic carboxylic acids is 1. The van der Waals surface area contributed by atoms with Crippen LogP contribution in [0.15, 0.2) is 35.8 Å². The van der Waals surface area contributed by atoms with Crippen LogP contribution in [0, 0.1) is 0 Å². The van der Waals surface area contributed by atoms with Gasteiger partial charge in [0.15, 0.2) is 10.0 Å². The van der Waals surface area contributed by atoms with Gasteiger partial charge >= 0.3 is 12.1 Å². The van der Waals surface area contributed by atoms with Crippen LogP contribution in [0.2, 0.25) is 0 Å². The van der Waals surface area contributed by atoms with Gasteiger partial charge in [0.1, 0.15) is 0 Å². The van der Waals surface area contributed by atoms with Gasteiger partial charge in [-0.3, -0.25) is 9.59 Å². The number of Topliss-reactive ketones (excluding diaryl/α,β-unsaturated/α-hetero) is 1. The van der Waals surface area contributed by atoms with E-state index < -0.39 is 18.2 Å². The summed E-state index contributed by atoms with van der Waals surface area (Å²) in [7, 11) is 0. The number of nitrogens with zero attached hydrogens (tertiary/aromatic N) is 2. The molecule has 32 heavy (non-hydrogen) atoms. The minimum absolute atomic E-state index is 0.164. The highest BCUT2D eigenvalue weighted by Crippen LogP contribution is 2.23. The van der Waals surface area contributed by atoms with E-state index >= 15 is 0 Å². The van der Waals surface area contributed by atoms with Crippen molar-refractivity contribution >= 4 is 50.5 Å². The summed E-state index contributed by atoms with van der Waals surface area (Å²) in [5, 5.41) is 12.4. The number of hydrogen-bond donors (Lipinski definition) is 3. The van der Waals surface area contributed by atoms with Gasteiger partial charge in [0.2, 0.25) is 5.78 Å². The van der Waals surface area contributed by atoms with E-state index in [0.29, 0.717) is 23.0 Å². The molecule has 13 heteroatoms. The number of para-hydroxylation sites is 1. The summed E-state index contributed by atoms with van der Waals surface area (Å²) in [6.07, 6.45) is -1.42. The quantitative estimate of drug-likeness (QED) is 0.326. The molecule has 1 aromatic carbocycles. The van der Waals surface area contributed by atoms with Crippen molar-refractivity contribution < 1.29 is 32.7 Å². The number of fused-ring (bicyclic) bond motifs is 1. The van der Waals surface area contributed by atoms with Crippen molar-refractivity contribution in [3.05, 3.63) is 45.9 Å². The zero-order valence-electron chi connectivity index (χ0n) is 16.5. The molecule has 0 aliphatic carbocycles. The molecule has 0 saturated heterocycles. The van der Waals surface area contributed by atoms with Crippen molar-refractivity contribution in [1.82, 2.24) is 15.3 Å². The molecule has 0 radical (unpaired) electrons. The zero-order chi connectivity index (χ0) is 23.7. The molecule has 4 N–H and O–H groups in total. The lowest BCUT2D eigenvalue weighted by atomic mass is 10.1. The highest BCUT2D eigenvalue weighted by molar-refractivity contribution is 7.20. The van der Waals surface area contributed by atoms with Crippen molar-refractivity contribution in [2.24, 2.45) is 5.73 Å². The number of nitrogens with two attached hydrogens (primary N) is 1. The summed E-state index contributed by atoms with van der Waals surface area (Å²) >= 11 is 2.59. The number of alkyl halides is 3. The van der Waals surface area contributed by atoms with E-state index in [9.17, 15) is 22.8 Å². The zero-order valence-corrected chi connectivity index (χ0v) is 18.1. The van der Waals surface area contributed by atoms with Gasteiger partial charge in [0.25, 0.3) is 5.91 Å². The lowest BCUT2D eigenvalue weighted by Crippen LogP contribution is -2.41. The van der Waals surface area contributed by atoms with E-state index in [0.717, 1.165) is 23.1 Å². The number of halogens is 3. The first kappa shape index (κ1) is 25.4. The van der Waals surface area contributed by atoms with E-state index in [1.165, 1.54) is 22.7 Å². The number of rotatable bonds is 8. The highest BCUT2D eigenvalue weighted by Gasteiger charge is 2.38. The van der Waals surface area contributed by atoms with Gasteiger partial charge in [-0.15, -0.1) is 22.7 Å². The number of carboxylic acids is 1. The molecular formula is C19H19F3N4O4S2. The molecule has 0 spiro atoms. The SMILES string of the molecule is NCCCCC(NC(=O)c1nccs1)C(=O)c1nc2ccccc2s1.O=C(O)C(F)(F)F. The van der Waals surface area contributed by atoms with Gasteiger partial charge in [0, 0.05) is 11.6 Å². The Bertz CT molecular complexity index is 1020. The fourth-order valence-corrected chi connectivity index (χ4v) is 3.94. The lowest BCUT2D eigenvalue weighted by molar-refractivity contribution is -0.192. The Morgan fingerprint density at radius 3 is 2.41 bits per heavy atom. The summed E-state index contributed by atoms with van der Waals surface area (Å²) in [6, 6.07) is 6.99. The van der Waals surface area contributed by atoms with Gasteiger partial charge < -0.3 is 16.2 Å². The molecular weight excluding hydrogens is 469 g/mol. The van der Waals surface area contributed by atoms with E-state index in [4.69, 9.17) is 15.6 Å². The monoisotopic (exact) mass is 488 g/mol. The molecule has 1 unspecified atom stereocenters. The van der Waals surface area contributed by atoms with E-state index in [1.54, 1.807) is 11.6 Å². The Balaban J connectivity index is 0.000000451. The number of aromatic nitrogens is 2. The Morgan fingerprint density at radius 1 is 1.16 bits per heavy atom. The third-order valence-electron chi connectivity index (χ3n) is 3.94. The number of carbonyl (C=O) groups is 3. The number of carboxylic acid groups (broad SMARTS) is 1. The fraction of sp³-hybridized carbons (Fsp3) is 0.316. The number of carbonyl (C=O) groups excluding carboxylic acids is 2. The smallest absolute Gasteiger partial charge is 0.475 e. The van der Waals surface area contributed by atoms with Crippen molar-refractivity contribution in [1.29, 1.82) is 0 Å². The number of nitrogens with one attached hydrogen (secondary N) is 1. The molecule has 3 rings (SSSR count). The van der Waals surface area contributed by atoms with Crippen molar-refractivity contribution in [3.8, 4) is 0 Å². The summed E-state index contributed by atoms with van der Waals surface area (Å²) in [6.45, 7) is 0.558. The molecule has 0 aliphatic heterocycles. The van der Waals surface area contributed by atoms with Crippen LogP contribution in [0.1, 0.15) is 38.9 Å². The first-order valence-electron chi connectivity index (χ1n) is 9.23. The van der Waals surface area contributed by atoms with Crippen LogP contribution in [0.4, 0.5) is 13.2 Å². The second-order valence-electron chi connectivity index (χ2n) is 6.30. The maximum Gasteiger partial charge on any atom is 0.490 e. The third-order valence-corrected chi connectivity index (χ3v) is 5.77. The minimum atomic E-state index is -5.08. The molecule has 2 heterocycles. The van der Waals surface area contributed by atoms with Crippen LogP contribution < -0.4 is 11.1 Å². The maximum atomic E-state index is 12.9. The van der Waals surface area contributed by atoms with Crippen molar-refractivity contribution in [3.63, 3.8) is 0 Å². The summed E-state index contributed by atoms with van der Waals surface area (Å²) in [5.41, 5.74) is 6.33. The number of thiazole rings is 2. The highest BCUT2D eigenvalue weighted by atomic mass is 32.1. The Hall–Kier alpha value is -2.90. The second-order valence-corrected chi connectivity index (χ2v) is 8.23. The average molecular weight is 489 g/mol. The van der Waals surface area contributed by atoms with Crippen LogP contribution in [0.25, 0.3) is 10.2 Å². The van der Waals surface area contributed by atoms with Crippen LogP contribution in [0.3, 0.4) is 0 Å². The predicted molar refractivity (Wildman–Crippen MR) is 114 cm³/mol. The van der Waals surface area contributed by atoms with Crippen molar-refractivity contribution in [2.75, 3.05) is 6.54 Å². The molecule has 3 aromatic rings. The Labute approximate surface area is 188 Å². The summed E-state index contributed by atoms with van der Waals surface area (Å²) in [4.78, 5) is 42.5. The van der Waals surface area contributed by atoms with Gasteiger partial charge in [-0.05, 0) is 37.9 Å². The van der Waals surface area contributed by atoms with Crippen LogP contribution in [-0.2, 0) is 4.79 Å². The van der Waals surface area contributed by atoms with Crippen LogP contribution >= 0.6 is 22.7 Å². The van der Waals surface area contributed by atoms with E-state index in [2.05, 4.69) is 15.3 Å². The molecule has 0 fully saturated rings. The molecule has 1 atom stereocenters. The molecule has 8 nitrogen and oxygen atoms in total. The van der Waals surface area contributed by atoms with E-state index in [1.807, 2.05) is 24.3 Å². The topological polar surface area (TPSA) is 135 Å². The Kier molecular flexibility index (Phi) is 9.23. The predicted octanol–water partition coefficient (Wildman–Crippen LogP) is 3.50. The Morgan fingerprint density at radius 2 is 1.84 bits per heavy atom. The van der Waals surface area contributed by atoms with Gasteiger partial charge in [-0.25, -0.2) is 14.8 Å². The minimum Gasteiger partial charge on any atom is -0.475 e. The number of unbranched alkanes of at least 4 members (excludes halogenated alkanes) is 1. The molecule has 2 aromatic heterocycles. The normalized spacial score (nSPS) is 12.0. The number of amides is 1. The second kappa shape index (κ2) is 11.6. The molecule has 172 valence electrons. The number of hydrogen-bond acceptors (Lipinski definition) is 8. The van der Waals surface area contributed by atoms with Gasteiger partial charge in [0.05, 0.1) is 16.3 Å². The molecule has 1 amide bonds. The first-order valence-corrected chi connectivity index (χ1v) is 10.9. The maximum absolute atomic E-state index is 12.9. The summed E-state index contributed by atoms with van der Waals surface area (Å²) in [5.74, 6) is -3.25. The first-order chi connectivity index (χ1) is 15.1. The molecule has 0 saturated carbocycles. The molecule has 0 aliphatic rings. The van der Waals surface area contributed by atoms with Crippen LogP contribution in [-0.4, -0.2) is 51.5 Å². The third kappa shape index (κ3) is 7.35. The summed E-state index contributed by atoms with van der Waals surface area (Å²) < 4.78 is 32.7. The largest absolute Gasteiger partial charge is 0.490 e.